The topological polar surface area (TPSA) is 8.17 Å². The third kappa shape index (κ3) is 5.02. The maximum Gasteiger partial charge on any atom is 0.0561 e. The fourth-order valence-corrected chi connectivity index (χ4v) is 8.72. The van der Waals surface area contributed by atoms with Gasteiger partial charge >= 0.3 is 0 Å². The van der Waals surface area contributed by atoms with Gasteiger partial charge in [0.1, 0.15) is 0 Å². The van der Waals surface area contributed by atoms with Gasteiger partial charge in [-0.15, -0.1) is 0 Å². The molecule has 0 saturated carbocycles. The minimum Gasteiger partial charge on any atom is -0.310 e. The van der Waals surface area contributed by atoms with Crippen molar-refractivity contribution >= 4 is 38.9 Å². The molecule has 2 nitrogen and oxygen atoms in total. The standard InChI is InChI=1S/C51H38N2/c1-51(2)46-26-14-12-23-42(46)45-25-16-28-48(50(45)51)52(41-32-37(35-17-6-3-7-18-35)31-38(33-41)36-19-8-4-9-20-36)40-29-30-44-43-24-13-15-27-47(43)53(49(44)34-40)39-21-10-5-11-22-39/h3-34H,1-2H3. The fourth-order valence-electron chi connectivity index (χ4n) is 8.72. The highest BCUT2D eigenvalue weighted by Crippen LogP contribution is 2.54. The van der Waals surface area contributed by atoms with E-state index in [1.54, 1.807) is 0 Å². The molecule has 0 radical (unpaired) electrons. The molecule has 2 heteroatoms. The molecular formula is C51H38N2. The molecule has 8 aromatic carbocycles. The molecule has 1 aliphatic rings. The molecule has 0 aliphatic heterocycles. The quantitative estimate of drug-likeness (QED) is 0.170. The zero-order valence-electron chi connectivity index (χ0n) is 29.9. The van der Waals surface area contributed by atoms with Crippen molar-refractivity contribution in [3.05, 3.63) is 205 Å². The van der Waals surface area contributed by atoms with Crippen LogP contribution < -0.4 is 4.90 Å². The van der Waals surface area contributed by atoms with E-state index in [2.05, 4.69) is 217 Å². The molecule has 0 atom stereocenters. The Morgan fingerprint density at radius 2 is 1.00 bits per heavy atom. The van der Waals surface area contributed by atoms with Crippen molar-refractivity contribution in [2.24, 2.45) is 0 Å². The van der Waals surface area contributed by atoms with Gasteiger partial charge in [0, 0.05) is 33.2 Å². The molecule has 10 rings (SSSR count). The number of hydrogen-bond donors (Lipinski definition) is 0. The van der Waals surface area contributed by atoms with E-state index >= 15 is 0 Å². The number of para-hydroxylation sites is 2. The van der Waals surface area contributed by atoms with Gasteiger partial charge in [-0.3, -0.25) is 0 Å². The SMILES string of the molecule is CC1(C)c2ccccc2-c2cccc(N(c3cc(-c4ccccc4)cc(-c4ccccc4)c3)c3ccc4c5ccccc5n(-c5ccccc5)c4c3)c21. The van der Waals surface area contributed by atoms with Gasteiger partial charge in [-0.2, -0.15) is 0 Å². The Labute approximate surface area is 310 Å². The highest BCUT2D eigenvalue weighted by Gasteiger charge is 2.39. The highest BCUT2D eigenvalue weighted by molar-refractivity contribution is 6.10. The second-order valence-corrected chi connectivity index (χ2v) is 14.6. The summed E-state index contributed by atoms with van der Waals surface area (Å²) in [5.74, 6) is 0. The van der Waals surface area contributed by atoms with Crippen LogP contribution in [0.25, 0.3) is 60.9 Å². The van der Waals surface area contributed by atoms with Crippen molar-refractivity contribution in [3.63, 3.8) is 0 Å². The Morgan fingerprint density at radius 1 is 0.415 bits per heavy atom. The van der Waals surface area contributed by atoms with Crippen LogP contribution in [0.15, 0.2) is 194 Å². The van der Waals surface area contributed by atoms with Crippen molar-refractivity contribution in [3.8, 4) is 39.1 Å². The molecule has 1 aliphatic carbocycles. The first-order chi connectivity index (χ1) is 26.1. The third-order valence-corrected chi connectivity index (χ3v) is 11.1. The summed E-state index contributed by atoms with van der Waals surface area (Å²) in [6.45, 7) is 4.76. The Hall–Kier alpha value is -6.64. The third-order valence-electron chi connectivity index (χ3n) is 11.1. The molecule has 252 valence electrons. The number of benzene rings is 8. The van der Waals surface area contributed by atoms with E-state index in [-0.39, 0.29) is 5.41 Å². The van der Waals surface area contributed by atoms with Crippen LogP contribution >= 0.6 is 0 Å². The van der Waals surface area contributed by atoms with Crippen LogP contribution in [0.1, 0.15) is 25.0 Å². The van der Waals surface area contributed by atoms with Crippen molar-refractivity contribution in [1.82, 2.24) is 4.57 Å². The Kier molecular flexibility index (Phi) is 7.19. The summed E-state index contributed by atoms with van der Waals surface area (Å²) < 4.78 is 2.41. The monoisotopic (exact) mass is 678 g/mol. The number of aromatic nitrogens is 1. The largest absolute Gasteiger partial charge is 0.310 e. The predicted octanol–water partition coefficient (Wildman–Crippen LogP) is 13.9. The molecule has 0 saturated heterocycles. The number of hydrogen-bond acceptors (Lipinski definition) is 1. The van der Waals surface area contributed by atoms with E-state index in [1.807, 2.05) is 0 Å². The lowest BCUT2D eigenvalue weighted by atomic mass is 9.81. The lowest BCUT2D eigenvalue weighted by Crippen LogP contribution is -2.20. The zero-order valence-corrected chi connectivity index (χ0v) is 29.9. The summed E-state index contributed by atoms with van der Waals surface area (Å²) >= 11 is 0. The van der Waals surface area contributed by atoms with Crippen LogP contribution in [-0.4, -0.2) is 4.57 Å². The second-order valence-electron chi connectivity index (χ2n) is 14.6. The van der Waals surface area contributed by atoms with Gasteiger partial charge in [0.25, 0.3) is 0 Å². The Balaban J connectivity index is 1.29. The van der Waals surface area contributed by atoms with E-state index in [9.17, 15) is 0 Å². The molecule has 0 spiro atoms. The summed E-state index contributed by atoms with van der Waals surface area (Å²) in [6.07, 6.45) is 0. The van der Waals surface area contributed by atoms with Crippen molar-refractivity contribution in [2.45, 2.75) is 19.3 Å². The van der Waals surface area contributed by atoms with E-state index in [0.717, 1.165) is 17.1 Å². The van der Waals surface area contributed by atoms with Gasteiger partial charge in [-0.25, -0.2) is 0 Å². The highest BCUT2D eigenvalue weighted by atomic mass is 15.1. The average Bonchev–Trinajstić information content (AvgIpc) is 3.67. The van der Waals surface area contributed by atoms with E-state index in [0.29, 0.717) is 0 Å². The predicted molar refractivity (Wildman–Crippen MR) is 224 cm³/mol. The van der Waals surface area contributed by atoms with Crippen molar-refractivity contribution in [1.29, 1.82) is 0 Å². The second kappa shape index (κ2) is 12.3. The molecule has 0 unspecified atom stereocenters. The minimum atomic E-state index is -0.205. The van der Waals surface area contributed by atoms with E-state index in [1.165, 1.54) is 72.0 Å². The molecule has 1 aromatic heterocycles. The molecule has 0 bridgehead atoms. The smallest absolute Gasteiger partial charge is 0.0561 e. The molecule has 0 amide bonds. The maximum absolute atomic E-state index is 2.51. The fraction of sp³-hybridized carbons (Fsp3) is 0.0588. The maximum atomic E-state index is 2.51. The summed E-state index contributed by atoms with van der Waals surface area (Å²) in [5, 5.41) is 2.49. The molecule has 53 heavy (non-hydrogen) atoms. The van der Waals surface area contributed by atoms with Crippen LogP contribution in [0.5, 0.6) is 0 Å². The number of fused-ring (bicyclic) bond motifs is 6. The first-order valence-corrected chi connectivity index (χ1v) is 18.4. The number of rotatable bonds is 6. The molecular weight excluding hydrogens is 641 g/mol. The number of anilines is 3. The van der Waals surface area contributed by atoms with Crippen LogP contribution in [0.4, 0.5) is 17.1 Å². The van der Waals surface area contributed by atoms with Gasteiger partial charge in [-0.05, 0) is 99.1 Å². The Morgan fingerprint density at radius 3 is 1.72 bits per heavy atom. The summed E-state index contributed by atoms with van der Waals surface area (Å²) in [6, 6.07) is 70.9. The molecule has 9 aromatic rings. The lowest BCUT2D eigenvalue weighted by Gasteiger charge is -2.33. The van der Waals surface area contributed by atoms with Gasteiger partial charge in [0.2, 0.25) is 0 Å². The summed E-state index contributed by atoms with van der Waals surface area (Å²) in [5.41, 5.74) is 16.8. The van der Waals surface area contributed by atoms with Crippen LogP contribution in [0.2, 0.25) is 0 Å². The first-order valence-electron chi connectivity index (χ1n) is 18.4. The summed E-state index contributed by atoms with van der Waals surface area (Å²) in [7, 11) is 0. The first kappa shape index (κ1) is 31.1. The van der Waals surface area contributed by atoms with Crippen molar-refractivity contribution in [2.75, 3.05) is 4.90 Å². The number of nitrogens with zero attached hydrogens (tertiary/aromatic N) is 2. The van der Waals surface area contributed by atoms with Gasteiger partial charge in [-0.1, -0.05) is 153 Å². The minimum absolute atomic E-state index is 0.205. The van der Waals surface area contributed by atoms with E-state index in [4.69, 9.17) is 0 Å². The van der Waals surface area contributed by atoms with Crippen molar-refractivity contribution < 1.29 is 0 Å². The van der Waals surface area contributed by atoms with Gasteiger partial charge < -0.3 is 9.47 Å². The zero-order chi connectivity index (χ0) is 35.5. The molecule has 1 heterocycles. The average molecular weight is 679 g/mol. The summed E-state index contributed by atoms with van der Waals surface area (Å²) in [4.78, 5) is 2.51. The van der Waals surface area contributed by atoms with E-state index < -0.39 is 0 Å². The van der Waals surface area contributed by atoms with Gasteiger partial charge in [0.05, 0.1) is 16.7 Å². The lowest BCUT2D eigenvalue weighted by molar-refractivity contribution is 0.661. The molecule has 0 N–H and O–H groups in total. The van der Waals surface area contributed by atoms with Crippen LogP contribution in [-0.2, 0) is 5.41 Å². The van der Waals surface area contributed by atoms with Crippen LogP contribution in [0.3, 0.4) is 0 Å². The normalized spacial score (nSPS) is 12.9. The van der Waals surface area contributed by atoms with Gasteiger partial charge in [0.15, 0.2) is 0 Å². The Bertz CT molecular complexity index is 2740. The van der Waals surface area contributed by atoms with Crippen LogP contribution in [0, 0.1) is 0 Å². The molecule has 0 fully saturated rings.